The van der Waals surface area contributed by atoms with Gasteiger partial charge >= 0.3 is 0 Å². The number of aryl methyl sites for hydroxylation is 3. The number of nitrogens with one attached hydrogen (secondary N) is 1. The Morgan fingerprint density at radius 2 is 1.69 bits per heavy atom. The van der Waals surface area contributed by atoms with Crippen LogP contribution in [0.25, 0.3) is 0 Å². The van der Waals surface area contributed by atoms with Gasteiger partial charge in [-0.1, -0.05) is 67.9 Å². The molecular formula is C25H34N2O2. The zero-order valence-electron chi connectivity index (χ0n) is 18.2. The highest BCUT2D eigenvalue weighted by Gasteiger charge is 2.25. The average Bonchev–Trinajstić information content (AvgIpc) is 2.74. The normalized spacial score (nSPS) is 11.7. The van der Waals surface area contributed by atoms with E-state index in [2.05, 4.69) is 42.6 Å². The Morgan fingerprint density at radius 1 is 1.00 bits per heavy atom. The third kappa shape index (κ3) is 7.04. The van der Waals surface area contributed by atoms with Crippen LogP contribution in [-0.2, 0) is 29.0 Å². The van der Waals surface area contributed by atoms with Crippen LogP contribution in [0.3, 0.4) is 0 Å². The highest BCUT2D eigenvalue weighted by atomic mass is 16.2. The molecule has 0 bridgehead atoms. The first-order valence-corrected chi connectivity index (χ1v) is 10.6. The molecule has 2 aromatic rings. The lowest BCUT2D eigenvalue weighted by molar-refractivity contribution is -0.140. The standard InChI is InChI=1S/C25H34N2O2/c1-5-16-26-25(29)20(4)27(18-23-9-7-8-19(3)17-23)24(28)15-14-22-12-10-21(6-2)11-13-22/h7-13,17,20H,5-6,14-16,18H2,1-4H3,(H,26,29)/t20-/m1/s1. The van der Waals surface area contributed by atoms with Gasteiger partial charge in [-0.05, 0) is 49.8 Å². The maximum Gasteiger partial charge on any atom is 0.242 e. The zero-order valence-corrected chi connectivity index (χ0v) is 18.2. The van der Waals surface area contributed by atoms with Crippen molar-refractivity contribution in [3.05, 3.63) is 70.8 Å². The van der Waals surface area contributed by atoms with Crippen molar-refractivity contribution in [2.24, 2.45) is 0 Å². The lowest BCUT2D eigenvalue weighted by Gasteiger charge is -2.29. The highest BCUT2D eigenvalue weighted by Crippen LogP contribution is 2.14. The molecule has 0 heterocycles. The molecule has 1 N–H and O–H groups in total. The van der Waals surface area contributed by atoms with Gasteiger partial charge in [0.2, 0.25) is 11.8 Å². The van der Waals surface area contributed by atoms with E-state index in [0.717, 1.165) is 29.5 Å². The molecule has 1 atom stereocenters. The van der Waals surface area contributed by atoms with Crippen LogP contribution in [0.4, 0.5) is 0 Å². The lowest BCUT2D eigenvalue weighted by atomic mass is 10.0. The first kappa shape index (κ1) is 22.7. The summed E-state index contributed by atoms with van der Waals surface area (Å²) < 4.78 is 0. The average molecular weight is 395 g/mol. The van der Waals surface area contributed by atoms with E-state index in [-0.39, 0.29) is 11.8 Å². The molecule has 0 saturated heterocycles. The predicted octanol–water partition coefficient (Wildman–Crippen LogP) is 4.43. The molecule has 0 saturated carbocycles. The summed E-state index contributed by atoms with van der Waals surface area (Å²) in [4.78, 5) is 27.3. The van der Waals surface area contributed by atoms with E-state index < -0.39 is 6.04 Å². The first-order chi connectivity index (χ1) is 13.9. The van der Waals surface area contributed by atoms with E-state index in [0.29, 0.717) is 25.9 Å². The first-order valence-electron chi connectivity index (χ1n) is 10.6. The van der Waals surface area contributed by atoms with E-state index in [1.807, 2.05) is 39.0 Å². The molecule has 2 amide bonds. The number of carbonyl (C=O) groups excluding carboxylic acids is 2. The van der Waals surface area contributed by atoms with E-state index in [1.165, 1.54) is 5.56 Å². The summed E-state index contributed by atoms with van der Waals surface area (Å²) in [5.41, 5.74) is 4.63. The van der Waals surface area contributed by atoms with Crippen molar-refractivity contribution in [3.8, 4) is 0 Å². The molecule has 2 aromatic carbocycles. The van der Waals surface area contributed by atoms with Crippen molar-refractivity contribution in [1.82, 2.24) is 10.2 Å². The number of hydrogen-bond donors (Lipinski definition) is 1. The van der Waals surface area contributed by atoms with Crippen molar-refractivity contribution in [2.75, 3.05) is 6.54 Å². The second-order valence-electron chi connectivity index (χ2n) is 7.65. The van der Waals surface area contributed by atoms with Crippen molar-refractivity contribution >= 4 is 11.8 Å². The molecule has 0 radical (unpaired) electrons. The fraction of sp³-hybridized carbons (Fsp3) is 0.440. The van der Waals surface area contributed by atoms with Gasteiger partial charge < -0.3 is 10.2 Å². The summed E-state index contributed by atoms with van der Waals surface area (Å²) in [7, 11) is 0. The van der Waals surface area contributed by atoms with Gasteiger partial charge in [0.25, 0.3) is 0 Å². The Kier molecular flexibility index (Phi) is 8.91. The number of carbonyl (C=O) groups is 2. The molecule has 0 unspecified atom stereocenters. The molecule has 0 spiro atoms. The molecule has 2 rings (SSSR count). The van der Waals surface area contributed by atoms with Crippen LogP contribution < -0.4 is 5.32 Å². The quantitative estimate of drug-likeness (QED) is 0.648. The summed E-state index contributed by atoms with van der Waals surface area (Å²) >= 11 is 0. The van der Waals surface area contributed by atoms with Gasteiger partial charge in [-0.3, -0.25) is 9.59 Å². The second-order valence-corrected chi connectivity index (χ2v) is 7.65. The molecule has 4 nitrogen and oxygen atoms in total. The van der Waals surface area contributed by atoms with Crippen molar-refractivity contribution in [2.45, 2.75) is 66.0 Å². The van der Waals surface area contributed by atoms with Gasteiger partial charge in [0.15, 0.2) is 0 Å². The number of benzene rings is 2. The predicted molar refractivity (Wildman–Crippen MR) is 119 cm³/mol. The summed E-state index contributed by atoms with van der Waals surface area (Å²) in [5.74, 6) is -0.0922. The Labute approximate surface area is 175 Å². The van der Waals surface area contributed by atoms with Crippen molar-refractivity contribution < 1.29 is 9.59 Å². The Bertz CT molecular complexity index is 799. The second kappa shape index (κ2) is 11.4. The van der Waals surface area contributed by atoms with Gasteiger partial charge in [0, 0.05) is 19.5 Å². The Balaban J connectivity index is 2.11. The van der Waals surface area contributed by atoms with Crippen LogP contribution in [-0.4, -0.2) is 29.3 Å². The summed E-state index contributed by atoms with van der Waals surface area (Å²) in [5, 5.41) is 2.92. The van der Waals surface area contributed by atoms with Crippen molar-refractivity contribution in [3.63, 3.8) is 0 Å². The van der Waals surface area contributed by atoms with Crippen molar-refractivity contribution in [1.29, 1.82) is 0 Å². The molecule has 0 aliphatic rings. The zero-order chi connectivity index (χ0) is 21.2. The SMILES string of the molecule is CCCNC(=O)[C@@H](C)N(Cc1cccc(C)c1)C(=O)CCc1ccc(CC)cc1. The van der Waals surface area contributed by atoms with Gasteiger partial charge in [-0.2, -0.15) is 0 Å². The van der Waals surface area contributed by atoms with Crippen LogP contribution in [0, 0.1) is 6.92 Å². The summed E-state index contributed by atoms with van der Waals surface area (Å²) in [6, 6.07) is 16.0. The number of nitrogens with zero attached hydrogens (tertiary/aromatic N) is 1. The van der Waals surface area contributed by atoms with E-state index in [9.17, 15) is 9.59 Å². The molecular weight excluding hydrogens is 360 g/mol. The van der Waals surface area contributed by atoms with Crippen LogP contribution in [0.2, 0.25) is 0 Å². The molecule has 0 aliphatic heterocycles. The lowest BCUT2D eigenvalue weighted by Crippen LogP contribution is -2.47. The van der Waals surface area contributed by atoms with Crippen LogP contribution in [0.5, 0.6) is 0 Å². The molecule has 156 valence electrons. The Morgan fingerprint density at radius 3 is 2.31 bits per heavy atom. The van der Waals surface area contributed by atoms with E-state index >= 15 is 0 Å². The fourth-order valence-electron chi connectivity index (χ4n) is 3.32. The minimum absolute atomic E-state index is 0.00484. The summed E-state index contributed by atoms with van der Waals surface area (Å²) in [6.45, 7) is 9.06. The summed E-state index contributed by atoms with van der Waals surface area (Å²) in [6.07, 6.45) is 2.95. The minimum atomic E-state index is -0.503. The molecule has 0 aliphatic carbocycles. The molecule has 0 aromatic heterocycles. The minimum Gasteiger partial charge on any atom is -0.354 e. The smallest absolute Gasteiger partial charge is 0.242 e. The number of rotatable bonds is 10. The monoisotopic (exact) mass is 394 g/mol. The maximum atomic E-state index is 13.1. The largest absolute Gasteiger partial charge is 0.354 e. The van der Waals surface area contributed by atoms with Gasteiger partial charge in [-0.15, -0.1) is 0 Å². The van der Waals surface area contributed by atoms with Crippen LogP contribution >= 0.6 is 0 Å². The van der Waals surface area contributed by atoms with Crippen LogP contribution in [0.15, 0.2) is 48.5 Å². The highest BCUT2D eigenvalue weighted by molar-refractivity contribution is 5.87. The third-order valence-corrected chi connectivity index (χ3v) is 5.21. The fourth-order valence-corrected chi connectivity index (χ4v) is 3.32. The molecule has 4 heteroatoms. The van der Waals surface area contributed by atoms with Gasteiger partial charge in [-0.25, -0.2) is 0 Å². The number of amides is 2. The van der Waals surface area contributed by atoms with Gasteiger partial charge in [0.1, 0.15) is 6.04 Å². The van der Waals surface area contributed by atoms with Gasteiger partial charge in [0.05, 0.1) is 0 Å². The molecule has 0 fully saturated rings. The number of hydrogen-bond acceptors (Lipinski definition) is 2. The third-order valence-electron chi connectivity index (χ3n) is 5.21. The Hall–Kier alpha value is -2.62. The van der Waals surface area contributed by atoms with Crippen LogP contribution in [0.1, 0.15) is 55.9 Å². The maximum absolute atomic E-state index is 13.1. The molecule has 29 heavy (non-hydrogen) atoms. The van der Waals surface area contributed by atoms with E-state index in [4.69, 9.17) is 0 Å². The van der Waals surface area contributed by atoms with E-state index in [1.54, 1.807) is 4.90 Å². The topological polar surface area (TPSA) is 49.4 Å².